The molecule has 1 unspecified atom stereocenters. The summed E-state index contributed by atoms with van der Waals surface area (Å²) >= 11 is 3.52. The smallest absolute Gasteiger partial charge is 0.221 e. The molecule has 3 rings (SSSR count). The Morgan fingerprint density at radius 2 is 2.29 bits per heavy atom. The molecule has 0 aromatic carbocycles. The zero-order chi connectivity index (χ0) is 16.9. The van der Waals surface area contributed by atoms with Crippen molar-refractivity contribution < 1.29 is 4.79 Å². The number of nitrogens with zero attached hydrogens (tertiary/aromatic N) is 3. The summed E-state index contributed by atoms with van der Waals surface area (Å²) in [6.45, 7) is 2.99. The predicted molar refractivity (Wildman–Crippen MR) is 97.6 cm³/mol. The van der Waals surface area contributed by atoms with E-state index >= 15 is 0 Å². The van der Waals surface area contributed by atoms with Crippen LogP contribution in [0.5, 0.6) is 0 Å². The van der Waals surface area contributed by atoms with Crippen molar-refractivity contribution in [2.24, 2.45) is 5.73 Å². The van der Waals surface area contributed by atoms with Crippen molar-refractivity contribution in [3.8, 4) is 0 Å². The van der Waals surface area contributed by atoms with E-state index < -0.39 is 0 Å². The number of rotatable bonds is 6. The zero-order valence-electron chi connectivity index (χ0n) is 13.7. The van der Waals surface area contributed by atoms with Gasteiger partial charge in [0, 0.05) is 42.8 Å². The summed E-state index contributed by atoms with van der Waals surface area (Å²) in [5.41, 5.74) is 7.57. The van der Waals surface area contributed by atoms with Crippen molar-refractivity contribution in [1.29, 1.82) is 0 Å². The fourth-order valence-corrected chi connectivity index (χ4v) is 3.62. The lowest BCUT2D eigenvalue weighted by molar-refractivity contribution is -0.121. The van der Waals surface area contributed by atoms with Crippen LogP contribution in [0.2, 0.25) is 0 Å². The van der Waals surface area contributed by atoms with Crippen LogP contribution in [0.1, 0.15) is 31.4 Å². The molecule has 0 bridgehead atoms. The van der Waals surface area contributed by atoms with Gasteiger partial charge >= 0.3 is 0 Å². The third kappa shape index (κ3) is 4.15. The normalized spacial score (nSPS) is 18.8. The number of piperidine rings is 1. The first kappa shape index (κ1) is 17.4. The number of aromatic nitrogens is 2. The number of hydrogen-bond donors (Lipinski definition) is 2. The number of fused-ring (bicyclic) bond motifs is 1. The predicted octanol–water partition coefficient (Wildman–Crippen LogP) is 1.92. The van der Waals surface area contributed by atoms with Crippen LogP contribution in [-0.2, 0) is 11.3 Å². The molecule has 1 aliphatic rings. The van der Waals surface area contributed by atoms with Crippen LogP contribution >= 0.6 is 15.9 Å². The average Bonchev–Trinajstić information content (AvgIpc) is 2.96. The van der Waals surface area contributed by atoms with Crippen LogP contribution in [0.4, 0.5) is 0 Å². The van der Waals surface area contributed by atoms with E-state index in [-0.39, 0.29) is 5.91 Å². The molecule has 6 nitrogen and oxygen atoms in total. The van der Waals surface area contributed by atoms with Gasteiger partial charge in [0.05, 0.1) is 11.9 Å². The largest absolute Gasteiger partial charge is 0.354 e. The number of amides is 1. The molecule has 1 fully saturated rings. The molecule has 1 amide bonds. The Morgan fingerprint density at radius 3 is 3.12 bits per heavy atom. The van der Waals surface area contributed by atoms with Crippen molar-refractivity contribution in [1.82, 2.24) is 19.6 Å². The highest BCUT2D eigenvalue weighted by molar-refractivity contribution is 9.10. The number of carbonyl (C=O) groups excluding carboxylic acids is 1. The lowest BCUT2D eigenvalue weighted by atomic mass is 10.0. The van der Waals surface area contributed by atoms with Gasteiger partial charge in [-0.05, 0) is 47.4 Å². The van der Waals surface area contributed by atoms with Gasteiger partial charge in [-0.25, -0.2) is 4.98 Å². The second kappa shape index (κ2) is 8.09. The molecule has 1 aliphatic heterocycles. The summed E-state index contributed by atoms with van der Waals surface area (Å²) in [6.07, 6.45) is 7.93. The molecule has 1 saturated heterocycles. The number of nitrogens with one attached hydrogen (secondary N) is 1. The van der Waals surface area contributed by atoms with Crippen LogP contribution in [0.25, 0.3) is 5.65 Å². The Balaban J connectivity index is 1.68. The number of likely N-dealkylation sites (tertiary alicyclic amines) is 1. The molecule has 1 atom stereocenters. The van der Waals surface area contributed by atoms with E-state index in [1.165, 1.54) is 18.5 Å². The molecule has 7 heteroatoms. The zero-order valence-corrected chi connectivity index (χ0v) is 15.3. The molecular formula is C17H24BrN5O. The van der Waals surface area contributed by atoms with Gasteiger partial charge in [-0.15, -0.1) is 0 Å². The molecule has 130 valence electrons. The number of hydrogen-bond acceptors (Lipinski definition) is 4. The Morgan fingerprint density at radius 1 is 1.42 bits per heavy atom. The first-order valence-corrected chi connectivity index (χ1v) is 9.29. The van der Waals surface area contributed by atoms with Gasteiger partial charge in [0.2, 0.25) is 5.91 Å². The monoisotopic (exact) mass is 393 g/mol. The van der Waals surface area contributed by atoms with E-state index in [9.17, 15) is 4.79 Å². The Hall–Kier alpha value is -1.44. The fourth-order valence-electron chi connectivity index (χ4n) is 3.28. The van der Waals surface area contributed by atoms with E-state index in [1.807, 2.05) is 18.3 Å². The van der Waals surface area contributed by atoms with Crippen LogP contribution < -0.4 is 11.1 Å². The van der Waals surface area contributed by atoms with Crippen LogP contribution in [0, 0.1) is 0 Å². The molecule has 0 radical (unpaired) electrons. The second-order valence-corrected chi connectivity index (χ2v) is 7.20. The van der Waals surface area contributed by atoms with Crippen LogP contribution in [-0.4, -0.2) is 45.9 Å². The molecule has 0 aliphatic carbocycles. The standard InChI is InChI=1S/C17H24BrN5O/c18-13-4-5-16-20-10-15(23(16)11-13)12-22-8-2-1-3-14(22)9-21-17(24)6-7-19/h4-5,10-11,14H,1-3,6-9,12,19H2,(H,21,24). The number of nitrogens with two attached hydrogens (primary N) is 1. The maximum atomic E-state index is 11.7. The van der Waals surface area contributed by atoms with E-state index in [1.54, 1.807) is 0 Å². The van der Waals surface area contributed by atoms with Gasteiger partial charge < -0.3 is 15.5 Å². The van der Waals surface area contributed by atoms with Gasteiger partial charge in [0.15, 0.2) is 0 Å². The first-order valence-electron chi connectivity index (χ1n) is 8.49. The highest BCUT2D eigenvalue weighted by Gasteiger charge is 2.23. The lowest BCUT2D eigenvalue weighted by Crippen LogP contribution is -2.46. The first-order chi connectivity index (χ1) is 11.7. The van der Waals surface area contributed by atoms with Crippen molar-refractivity contribution in [3.05, 3.63) is 34.7 Å². The summed E-state index contributed by atoms with van der Waals surface area (Å²) in [5.74, 6) is 0.0433. The Bertz CT molecular complexity index is 701. The summed E-state index contributed by atoms with van der Waals surface area (Å²) in [5, 5.41) is 3.02. The van der Waals surface area contributed by atoms with Crippen molar-refractivity contribution >= 4 is 27.5 Å². The van der Waals surface area contributed by atoms with Crippen LogP contribution in [0.3, 0.4) is 0 Å². The van der Waals surface area contributed by atoms with Crippen LogP contribution in [0.15, 0.2) is 29.0 Å². The third-order valence-electron chi connectivity index (χ3n) is 4.57. The molecular weight excluding hydrogens is 370 g/mol. The van der Waals surface area contributed by atoms with Crippen molar-refractivity contribution in [2.75, 3.05) is 19.6 Å². The third-order valence-corrected chi connectivity index (χ3v) is 5.04. The highest BCUT2D eigenvalue weighted by Crippen LogP contribution is 2.21. The van der Waals surface area contributed by atoms with Gasteiger partial charge in [0.25, 0.3) is 0 Å². The summed E-state index contributed by atoms with van der Waals surface area (Å²) in [4.78, 5) is 18.6. The molecule has 0 saturated carbocycles. The van der Waals surface area contributed by atoms with Gasteiger partial charge in [-0.2, -0.15) is 0 Å². The molecule has 2 aromatic rings. The Kier molecular flexibility index (Phi) is 5.86. The lowest BCUT2D eigenvalue weighted by Gasteiger charge is -2.35. The van der Waals surface area contributed by atoms with Crippen molar-refractivity contribution in [2.45, 2.75) is 38.3 Å². The van der Waals surface area contributed by atoms with E-state index in [4.69, 9.17) is 5.73 Å². The summed E-state index contributed by atoms with van der Waals surface area (Å²) in [6, 6.07) is 4.38. The SMILES string of the molecule is NCCC(=O)NCC1CCCCN1Cc1cnc2ccc(Br)cn12. The number of carbonyl (C=O) groups is 1. The second-order valence-electron chi connectivity index (χ2n) is 6.29. The minimum Gasteiger partial charge on any atom is -0.354 e. The summed E-state index contributed by atoms with van der Waals surface area (Å²) in [7, 11) is 0. The Labute approximate surface area is 150 Å². The highest BCUT2D eigenvalue weighted by atomic mass is 79.9. The molecule has 3 heterocycles. The minimum atomic E-state index is 0.0433. The maximum absolute atomic E-state index is 11.7. The molecule has 0 spiro atoms. The minimum absolute atomic E-state index is 0.0433. The van der Waals surface area contributed by atoms with E-state index in [2.05, 4.69) is 41.7 Å². The maximum Gasteiger partial charge on any atom is 0.221 e. The molecule has 24 heavy (non-hydrogen) atoms. The average molecular weight is 394 g/mol. The van der Waals surface area contributed by atoms with Gasteiger partial charge in [-0.3, -0.25) is 9.69 Å². The number of halogens is 1. The molecule has 2 aromatic heterocycles. The van der Waals surface area contributed by atoms with E-state index in [0.717, 1.165) is 29.6 Å². The van der Waals surface area contributed by atoms with Crippen molar-refractivity contribution in [3.63, 3.8) is 0 Å². The van der Waals surface area contributed by atoms with Gasteiger partial charge in [-0.1, -0.05) is 6.42 Å². The van der Waals surface area contributed by atoms with E-state index in [0.29, 0.717) is 25.6 Å². The summed E-state index contributed by atoms with van der Waals surface area (Å²) < 4.78 is 3.17. The molecule has 3 N–H and O–H groups in total. The van der Waals surface area contributed by atoms with Gasteiger partial charge in [0.1, 0.15) is 5.65 Å². The fraction of sp³-hybridized carbons (Fsp3) is 0.529. The number of pyridine rings is 1. The topological polar surface area (TPSA) is 75.7 Å². The quantitative estimate of drug-likeness (QED) is 0.785. The number of imidazole rings is 1.